The van der Waals surface area contributed by atoms with E-state index in [0.29, 0.717) is 5.56 Å². The van der Waals surface area contributed by atoms with Gasteiger partial charge < -0.3 is 9.84 Å². The SMILES string of the molecule is C=S(C)(=O)NC(=O)CN1C(=O)/C(=C/c2cccc(OC)c2O)SC1=S. The summed E-state index contributed by atoms with van der Waals surface area (Å²) in [6.45, 7) is -0.355. The van der Waals surface area contributed by atoms with Crippen molar-refractivity contribution in [3.8, 4) is 11.5 Å². The number of phenolic OH excluding ortho intramolecular Hbond substituents is 1. The van der Waals surface area contributed by atoms with Gasteiger partial charge in [0.25, 0.3) is 11.8 Å². The maximum Gasteiger partial charge on any atom is 0.266 e. The second-order valence-corrected chi connectivity index (χ2v) is 9.09. The van der Waals surface area contributed by atoms with Crippen LogP contribution >= 0.6 is 24.0 Å². The molecule has 0 radical (unpaired) electrons. The fraction of sp³-hybridized carbons (Fsp3) is 0.200. The number of para-hydroxylation sites is 1. The van der Waals surface area contributed by atoms with Gasteiger partial charge in [0, 0.05) is 21.5 Å². The number of aromatic hydroxyl groups is 1. The zero-order chi connectivity index (χ0) is 18.8. The van der Waals surface area contributed by atoms with Gasteiger partial charge in [-0.2, -0.15) is 0 Å². The van der Waals surface area contributed by atoms with Crippen LogP contribution in [-0.2, 0) is 19.3 Å². The monoisotopic (exact) mass is 400 g/mol. The summed E-state index contributed by atoms with van der Waals surface area (Å²) in [7, 11) is -1.30. The Bertz CT molecular complexity index is 877. The fourth-order valence-electron chi connectivity index (χ4n) is 2.01. The van der Waals surface area contributed by atoms with Crippen molar-refractivity contribution in [3.63, 3.8) is 0 Å². The van der Waals surface area contributed by atoms with Gasteiger partial charge >= 0.3 is 0 Å². The maximum atomic E-state index is 12.5. The third-order valence-corrected chi connectivity index (χ3v) is 5.08. The molecule has 2 amide bonds. The lowest BCUT2D eigenvalue weighted by Gasteiger charge is -2.14. The largest absolute Gasteiger partial charge is 0.504 e. The number of nitrogens with one attached hydrogen (secondary N) is 1. The predicted molar refractivity (Wildman–Crippen MR) is 104 cm³/mol. The molecule has 7 nitrogen and oxygen atoms in total. The second kappa shape index (κ2) is 7.46. The summed E-state index contributed by atoms with van der Waals surface area (Å²) in [4.78, 5) is 25.7. The number of ether oxygens (including phenoxy) is 1. The summed E-state index contributed by atoms with van der Waals surface area (Å²) in [5, 5.41) is 10.1. The summed E-state index contributed by atoms with van der Waals surface area (Å²) in [5.41, 5.74) is 0.388. The summed E-state index contributed by atoms with van der Waals surface area (Å²) in [5.74, 6) is 2.40. The van der Waals surface area contributed by atoms with Crippen molar-refractivity contribution >= 4 is 61.8 Å². The van der Waals surface area contributed by atoms with Crippen molar-refractivity contribution in [2.45, 2.75) is 0 Å². The first kappa shape index (κ1) is 19.3. The zero-order valence-electron chi connectivity index (χ0n) is 13.5. The van der Waals surface area contributed by atoms with Crippen LogP contribution in [0.2, 0.25) is 0 Å². The lowest BCUT2D eigenvalue weighted by molar-refractivity contribution is -0.127. The molecule has 1 saturated heterocycles. The Hall–Kier alpha value is -2.04. The van der Waals surface area contributed by atoms with Crippen LogP contribution in [0.15, 0.2) is 23.1 Å². The van der Waals surface area contributed by atoms with Crippen LogP contribution in [0.5, 0.6) is 11.5 Å². The smallest absolute Gasteiger partial charge is 0.266 e. The van der Waals surface area contributed by atoms with E-state index in [4.69, 9.17) is 17.0 Å². The Balaban J connectivity index is 2.22. The molecule has 0 aliphatic carbocycles. The van der Waals surface area contributed by atoms with Crippen LogP contribution < -0.4 is 9.46 Å². The van der Waals surface area contributed by atoms with Gasteiger partial charge in [0.1, 0.15) is 10.9 Å². The molecule has 1 unspecified atom stereocenters. The van der Waals surface area contributed by atoms with E-state index in [1.54, 1.807) is 18.2 Å². The number of methoxy groups -OCH3 is 1. The first-order chi connectivity index (χ1) is 11.6. The van der Waals surface area contributed by atoms with Crippen molar-refractivity contribution < 1.29 is 23.6 Å². The number of amides is 2. The maximum absolute atomic E-state index is 12.5. The van der Waals surface area contributed by atoms with Crippen molar-refractivity contribution in [2.24, 2.45) is 0 Å². The molecule has 0 saturated carbocycles. The summed E-state index contributed by atoms with van der Waals surface area (Å²) in [6.07, 6.45) is 2.75. The standard InChI is InChI=1S/C15H16N2O5S3/c1-22-10-6-4-5-9(13(10)19)7-11-14(20)17(15(23)24-11)8-12(18)16-25(2,3)21/h4-7,19H,2,8H2,1,3H3,(H,16,18,21)/b11-7-. The highest BCUT2D eigenvalue weighted by Gasteiger charge is 2.33. The molecular formula is C15H16N2O5S3. The number of thiocarbonyl (C=S) groups is 1. The quantitative estimate of drug-likeness (QED) is 0.562. The molecule has 0 aromatic heterocycles. The highest BCUT2D eigenvalue weighted by molar-refractivity contribution is 8.26. The van der Waals surface area contributed by atoms with E-state index in [2.05, 4.69) is 10.6 Å². The molecule has 1 atom stereocenters. The van der Waals surface area contributed by atoms with Crippen LogP contribution in [0.1, 0.15) is 5.56 Å². The average molecular weight is 401 g/mol. The molecule has 2 rings (SSSR count). The molecule has 0 spiro atoms. The number of hydrogen-bond acceptors (Lipinski definition) is 7. The Labute approximate surface area is 155 Å². The Morgan fingerprint density at radius 2 is 2.24 bits per heavy atom. The topological polar surface area (TPSA) is 95.9 Å². The van der Waals surface area contributed by atoms with E-state index in [0.717, 1.165) is 16.7 Å². The number of carbonyl (C=O) groups is 2. The molecule has 134 valence electrons. The lowest BCUT2D eigenvalue weighted by Crippen LogP contribution is -2.41. The van der Waals surface area contributed by atoms with Gasteiger partial charge in [0.15, 0.2) is 11.5 Å². The molecule has 0 bridgehead atoms. The number of nitrogens with zero attached hydrogens (tertiary/aromatic N) is 1. The second-order valence-electron chi connectivity index (χ2n) is 5.20. The lowest BCUT2D eigenvalue weighted by atomic mass is 10.1. The number of hydrogen-bond donors (Lipinski definition) is 2. The van der Waals surface area contributed by atoms with Crippen LogP contribution in [0.3, 0.4) is 0 Å². The van der Waals surface area contributed by atoms with Gasteiger partial charge in [-0.1, -0.05) is 36.1 Å². The molecule has 2 N–H and O–H groups in total. The third kappa shape index (κ3) is 4.74. The Morgan fingerprint density at radius 3 is 2.84 bits per heavy atom. The molecule has 1 fully saturated rings. The molecule has 1 aromatic carbocycles. The fourth-order valence-corrected chi connectivity index (χ4v) is 3.81. The summed E-state index contributed by atoms with van der Waals surface area (Å²) >= 11 is 6.13. The van der Waals surface area contributed by atoms with Gasteiger partial charge in [-0.15, -0.1) is 0 Å². The molecule has 1 aliphatic rings. The number of benzene rings is 1. The van der Waals surface area contributed by atoms with E-state index >= 15 is 0 Å². The Morgan fingerprint density at radius 1 is 1.56 bits per heavy atom. The van der Waals surface area contributed by atoms with Gasteiger partial charge in [-0.25, -0.2) is 4.21 Å². The first-order valence-electron chi connectivity index (χ1n) is 6.86. The van der Waals surface area contributed by atoms with Crippen LogP contribution in [-0.4, -0.2) is 56.1 Å². The van der Waals surface area contributed by atoms with Crippen LogP contribution in [0.25, 0.3) is 6.08 Å². The number of carbonyl (C=O) groups excluding carboxylic acids is 2. The van der Waals surface area contributed by atoms with Crippen molar-refractivity contribution in [1.29, 1.82) is 0 Å². The predicted octanol–water partition coefficient (Wildman–Crippen LogP) is 0.979. The number of thioether (sulfide) groups is 1. The van der Waals surface area contributed by atoms with E-state index in [1.807, 2.05) is 0 Å². The van der Waals surface area contributed by atoms with E-state index in [-0.39, 0.29) is 27.3 Å². The van der Waals surface area contributed by atoms with E-state index in [1.165, 1.54) is 19.4 Å². The van der Waals surface area contributed by atoms with Crippen molar-refractivity contribution in [2.75, 3.05) is 19.9 Å². The number of phenols is 1. The van der Waals surface area contributed by atoms with Gasteiger partial charge in [-0.3, -0.25) is 19.2 Å². The van der Waals surface area contributed by atoms with E-state index in [9.17, 15) is 18.9 Å². The highest BCUT2D eigenvalue weighted by Crippen LogP contribution is 2.36. The minimum Gasteiger partial charge on any atom is -0.504 e. The molecule has 25 heavy (non-hydrogen) atoms. The molecule has 10 heteroatoms. The van der Waals surface area contributed by atoms with Gasteiger partial charge in [0.05, 0.1) is 12.0 Å². The first-order valence-corrected chi connectivity index (χ1v) is 10.2. The van der Waals surface area contributed by atoms with Crippen LogP contribution in [0, 0.1) is 0 Å². The van der Waals surface area contributed by atoms with Gasteiger partial charge in [0.2, 0.25) is 0 Å². The highest BCUT2D eigenvalue weighted by atomic mass is 32.2. The number of rotatable bonds is 5. The van der Waals surface area contributed by atoms with Crippen molar-refractivity contribution in [3.05, 3.63) is 28.7 Å². The van der Waals surface area contributed by atoms with Crippen LogP contribution in [0.4, 0.5) is 0 Å². The summed E-state index contributed by atoms with van der Waals surface area (Å²) < 4.78 is 18.9. The summed E-state index contributed by atoms with van der Waals surface area (Å²) in [6, 6.07) is 4.88. The van der Waals surface area contributed by atoms with E-state index < -0.39 is 21.5 Å². The molecule has 1 heterocycles. The minimum atomic E-state index is -2.72. The Kier molecular flexibility index (Phi) is 5.76. The third-order valence-electron chi connectivity index (χ3n) is 3.04. The average Bonchev–Trinajstić information content (AvgIpc) is 2.75. The molecule has 1 aromatic rings. The molecular weight excluding hydrogens is 384 g/mol. The van der Waals surface area contributed by atoms with Crippen molar-refractivity contribution in [1.82, 2.24) is 9.62 Å². The molecule has 1 aliphatic heterocycles. The van der Waals surface area contributed by atoms with Gasteiger partial charge in [-0.05, 0) is 18.0 Å². The zero-order valence-corrected chi connectivity index (χ0v) is 15.9. The normalized spacial score (nSPS) is 18.3. The minimum absolute atomic E-state index is 0.101.